The van der Waals surface area contributed by atoms with E-state index in [1.165, 1.54) is 23.6 Å². The molecule has 1 atom stereocenters. The van der Waals surface area contributed by atoms with E-state index in [0.717, 1.165) is 5.01 Å². The van der Waals surface area contributed by atoms with Crippen LogP contribution < -0.4 is 10.9 Å². The fraction of sp³-hybridized carbons (Fsp3) is 0.182. The summed E-state index contributed by atoms with van der Waals surface area (Å²) in [5.41, 5.74) is 0.0525. The zero-order valence-electron chi connectivity index (χ0n) is 9.14. The second-order valence-electron chi connectivity index (χ2n) is 3.51. The second-order valence-corrected chi connectivity index (χ2v) is 4.43. The van der Waals surface area contributed by atoms with Crippen molar-refractivity contribution in [1.29, 1.82) is 0 Å². The van der Waals surface area contributed by atoms with Crippen LogP contribution in [0.3, 0.4) is 0 Å². The maximum atomic E-state index is 11.8. The van der Waals surface area contributed by atoms with Crippen LogP contribution in [0.25, 0.3) is 0 Å². The molecule has 2 rings (SSSR count). The van der Waals surface area contributed by atoms with E-state index in [2.05, 4.69) is 15.3 Å². The second kappa shape index (κ2) is 4.92. The van der Waals surface area contributed by atoms with E-state index in [0.29, 0.717) is 5.56 Å². The van der Waals surface area contributed by atoms with Gasteiger partial charge in [-0.1, -0.05) is 0 Å². The van der Waals surface area contributed by atoms with Crippen molar-refractivity contribution in [3.63, 3.8) is 0 Å². The van der Waals surface area contributed by atoms with Crippen molar-refractivity contribution in [2.45, 2.75) is 13.0 Å². The standard InChI is InChI=1S/C11H11N3O2S/c1-7(11-13-4-5-17-11)14-10(16)8-2-3-12-9(15)6-8/h2-7H,1H3,(H,12,15)(H,14,16). The Morgan fingerprint density at radius 1 is 1.59 bits per heavy atom. The third-order valence-electron chi connectivity index (χ3n) is 2.21. The van der Waals surface area contributed by atoms with Crippen LogP contribution in [0.4, 0.5) is 0 Å². The van der Waals surface area contributed by atoms with Crippen LogP contribution in [0.1, 0.15) is 28.3 Å². The molecule has 0 saturated carbocycles. The van der Waals surface area contributed by atoms with Crippen LogP contribution in [0, 0.1) is 0 Å². The van der Waals surface area contributed by atoms with E-state index in [-0.39, 0.29) is 17.5 Å². The van der Waals surface area contributed by atoms with Crippen LogP contribution in [-0.2, 0) is 0 Å². The van der Waals surface area contributed by atoms with Gasteiger partial charge >= 0.3 is 0 Å². The van der Waals surface area contributed by atoms with Gasteiger partial charge in [-0.15, -0.1) is 11.3 Å². The Morgan fingerprint density at radius 3 is 3.06 bits per heavy atom. The molecule has 5 nitrogen and oxygen atoms in total. The number of aromatic amines is 1. The molecule has 1 unspecified atom stereocenters. The maximum absolute atomic E-state index is 11.8. The number of rotatable bonds is 3. The summed E-state index contributed by atoms with van der Waals surface area (Å²) in [6.07, 6.45) is 3.14. The summed E-state index contributed by atoms with van der Waals surface area (Å²) in [6.45, 7) is 1.85. The van der Waals surface area contributed by atoms with E-state index in [1.54, 1.807) is 12.3 Å². The summed E-state index contributed by atoms with van der Waals surface area (Å²) in [4.78, 5) is 29.5. The Hall–Kier alpha value is -1.95. The van der Waals surface area contributed by atoms with Gasteiger partial charge in [-0.2, -0.15) is 0 Å². The third kappa shape index (κ3) is 2.79. The minimum absolute atomic E-state index is 0.165. The predicted octanol–water partition coefficient (Wildman–Crippen LogP) is 1.32. The first-order valence-electron chi connectivity index (χ1n) is 5.06. The number of H-pyrrole nitrogens is 1. The third-order valence-corrected chi connectivity index (χ3v) is 3.16. The van der Waals surface area contributed by atoms with Crippen molar-refractivity contribution >= 4 is 17.2 Å². The van der Waals surface area contributed by atoms with Gasteiger partial charge in [0.15, 0.2) is 0 Å². The molecule has 2 N–H and O–H groups in total. The zero-order chi connectivity index (χ0) is 12.3. The van der Waals surface area contributed by atoms with E-state index in [9.17, 15) is 9.59 Å². The van der Waals surface area contributed by atoms with Crippen molar-refractivity contribution in [2.75, 3.05) is 0 Å². The van der Waals surface area contributed by atoms with E-state index >= 15 is 0 Å². The Bertz CT molecular complexity index is 562. The molecule has 0 aromatic carbocycles. The van der Waals surface area contributed by atoms with E-state index in [1.807, 2.05) is 12.3 Å². The predicted molar refractivity (Wildman–Crippen MR) is 65.1 cm³/mol. The smallest absolute Gasteiger partial charge is 0.252 e. The molecule has 0 bridgehead atoms. The number of carbonyl (C=O) groups is 1. The van der Waals surface area contributed by atoms with Crippen LogP contribution in [0.5, 0.6) is 0 Å². The Kier molecular flexibility index (Phi) is 3.34. The molecule has 0 radical (unpaired) electrons. The van der Waals surface area contributed by atoms with Gasteiger partial charge in [-0.3, -0.25) is 9.59 Å². The van der Waals surface area contributed by atoms with Crippen LogP contribution >= 0.6 is 11.3 Å². The normalized spacial score (nSPS) is 12.1. The number of pyridine rings is 1. The number of thiazole rings is 1. The molecule has 6 heteroatoms. The van der Waals surface area contributed by atoms with Crippen LogP contribution in [-0.4, -0.2) is 15.9 Å². The SMILES string of the molecule is CC(NC(=O)c1cc[nH]c(=O)c1)c1nccs1. The number of nitrogens with one attached hydrogen (secondary N) is 2. The highest BCUT2D eigenvalue weighted by molar-refractivity contribution is 7.09. The first-order chi connectivity index (χ1) is 8.16. The number of hydrogen-bond acceptors (Lipinski definition) is 4. The number of hydrogen-bond donors (Lipinski definition) is 2. The largest absolute Gasteiger partial charge is 0.343 e. The fourth-order valence-corrected chi connectivity index (χ4v) is 2.02. The summed E-state index contributed by atoms with van der Waals surface area (Å²) in [6, 6.07) is 2.66. The van der Waals surface area contributed by atoms with Crippen molar-refractivity contribution in [1.82, 2.24) is 15.3 Å². The molecule has 0 saturated heterocycles. The van der Waals surface area contributed by atoms with Crippen molar-refractivity contribution in [2.24, 2.45) is 0 Å². The topological polar surface area (TPSA) is 74.8 Å². The number of amides is 1. The quantitative estimate of drug-likeness (QED) is 0.861. The highest BCUT2D eigenvalue weighted by Crippen LogP contribution is 2.14. The summed E-state index contributed by atoms with van der Waals surface area (Å²) >= 11 is 1.48. The molecule has 88 valence electrons. The van der Waals surface area contributed by atoms with E-state index in [4.69, 9.17) is 0 Å². The first kappa shape index (κ1) is 11.5. The van der Waals surface area contributed by atoms with Crippen molar-refractivity contribution < 1.29 is 4.79 Å². The number of aromatic nitrogens is 2. The molecule has 2 aromatic heterocycles. The Morgan fingerprint density at radius 2 is 2.41 bits per heavy atom. The lowest BCUT2D eigenvalue weighted by molar-refractivity contribution is 0.0939. The van der Waals surface area contributed by atoms with Crippen molar-refractivity contribution in [3.05, 3.63) is 50.8 Å². The maximum Gasteiger partial charge on any atom is 0.252 e. The molecule has 2 aromatic rings. The molecular weight excluding hydrogens is 238 g/mol. The lowest BCUT2D eigenvalue weighted by Crippen LogP contribution is -2.27. The monoisotopic (exact) mass is 249 g/mol. The lowest BCUT2D eigenvalue weighted by Gasteiger charge is -2.10. The molecule has 0 fully saturated rings. The van der Waals surface area contributed by atoms with Gasteiger partial charge in [-0.05, 0) is 13.0 Å². The molecular formula is C11H11N3O2S. The first-order valence-corrected chi connectivity index (χ1v) is 5.94. The molecule has 0 spiro atoms. The summed E-state index contributed by atoms with van der Waals surface area (Å²) in [5, 5.41) is 5.47. The highest BCUT2D eigenvalue weighted by Gasteiger charge is 2.13. The van der Waals surface area contributed by atoms with Gasteiger partial charge in [0.05, 0.1) is 6.04 Å². The van der Waals surface area contributed by atoms with Crippen LogP contribution in [0.15, 0.2) is 34.7 Å². The molecule has 17 heavy (non-hydrogen) atoms. The average Bonchev–Trinajstić information content (AvgIpc) is 2.82. The molecule has 2 heterocycles. The molecule has 1 amide bonds. The fourth-order valence-electron chi connectivity index (χ4n) is 1.38. The molecule has 0 aliphatic heterocycles. The Labute approximate surface area is 102 Å². The lowest BCUT2D eigenvalue weighted by atomic mass is 10.2. The summed E-state index contributed by atoms with van der Waals surface area (Å²) in [7, 11) is 0. The van der Waals surface area contributed by atoms with Gasteiger partial charge < -0.3 is 10.3 Å². The van der Waals surface area contributed by atoms with Gasteiger partial charge in [-0.25, -0.2) is 4.98 Å². The summed E-state index contributed by atoms with van der Waals surface area (Å²) in [5.74, 6) is -0.279. The highest BCUT2D eigenvalue weighted by atomic mass is 32.1. The van der Waals surface area contributed by atoms with Crippen molar-refractivity contribution in [3.8, 4) is 0 Å². The minimum Gasteiger partial charge on any atom is -0.343 e. The van der Waals surface area contributed by atoms with Gasteiger partial charge in [0.2, 0.25) is 5.56 Å². The average molecular weight is 249 g/mol. The van der Waals surface area contributed by atoms with Crippen LogP contribution in [0.2, 0.25) is 0 Å². The van der Waals surface area contributed by atoms with Gasteiger partial charge in [0.25, 0.3) is 5.91 Å². The van der Waals surface area contributed by atoms with E-state index < -0.39 is 0 Å². The number of carbonyl (C=O) groups excluding carboxylic acids is 1. The molecule has 0 aliphatic rings. The Balaban J connectivity index is 2.10. The minimum atomic E-state index is -0.292. The summed E-state index contributed by atoms with van der Waals surface area (Å²) < 4.78 is 0. The van der Waals surface area contributed by atoms with Gasteiger partial charge in [0.1, 0.15) is 5.01 Å². The molecule has 0 aliphatic carbocycles. The number of nitrogens with zero attached hydrogens (tertiary/aromatic N) is 1. The zero-order valence-corrected chi connectivity index (χ0v) is 9.95. The van der Waals surface area contributed by atoms with Gasteiger partial charge in [0, 0.05) is 29.4 Å².